The third kappa shape index (κ3) is 3.71. The Hall–Kier alpha value is -2.44. The predicted molar refractivity (Wildman–Crippen MR) is 104 cm³/mol. The summed E-state index contributed by atoms with van der Waals surface area (Å²) in [5.41, 5.74) is 2.59. The van der Waals surface area contributed by atoms with Crippen molar-refractivity contribution in [2.75, 3.05) is 13.2 Å². The first-order chi connectivity index (χ1) is 12.7. The largest absolute Gasteiger partial charge is 0.396 e. The number of nitrogens with one attached hydrogen (secondary N) is 1. The van der Waals surface area contributed by atoms with Crippen molar-refractivity contribution in [2.45, 2.75) is 12.8 Å². The zero-order valence-corrected chi connectivity index (χ0v) is 15.0. The molecular weight excluding hydrogens is 346 g/mol. The van der Waals surface area contributed by atoms with Crippen molar-refractivity contribution in [3.63, 3.8) is 0 Å². The number of hydrogen-bond donors (Lipinski definition) is 2. The Kier molecular flexibility index (Phi) is 4.61. The van der Waals surface area contributed by atoms with Gasteiger partial charge < -0.3 is 10.4 Å². The molecule has 132 valence electrons. The lowest BCUT2D eigenvalue weighted by Crippen LogP contribution is -2.21. The molecule has 1 aliphatic heterocycles. The average molecular weight is 365 g/mol. The summed E-state index contributed by atoms with van der Waals surface area (Å²) in [4.78, 5) is 21.9. The van der Waals surface area contributed by atoms with Crippen LogP contribution in [0.5, 0.6) is 0 Å². The van der Waals surface area contributed by atoms with Crippen LogP contribution in [0.3, 0.4) is 0 Å². The zero-order chi connectivity index (χ0) is 18.0. The van der Waals surface area contributed by atoms with E-state index in [4.69, 9.17) is 0 Å². The number of thioether (sulfide) groups is 1. The molecule has 6 heteroatoms. The van der Waals surface area contributed by atoms with Crippen LogP contribution in [0, 0.1) is 5.41 Å². The van der Waals surface area contributed by atoms with Gasteiger partial charge in [-0.1, -0.05) is 36.4 Å². The molecule has 2 heterocycles. The fraction of sp³-hybridized carbons (Fsp3) is 0.250. The van der Waals surface area contributed by atoms with Crippen molar-refractivity contribution in [2.24, 2.45) is 10.4 Å². The minimum atomic E-state index is -0.158. The van der Waals surface area contributed by atoms with Gasteiger partial charge in [0.05, 0.1) is 22.9 Å². The van der Waals surface area contributed by atoms with E-state index >= 15 is 0 Å². The number of nitrogens with zero attached hydrogens (tertiary/aromatic N) is 2. The molecule has 0 bridgehead atoms. The predicted octanol–water partition coefficient (Wildman–Crippen LogP) is 3.08. The van der Waals surface area contributed by atoms with Crippen molar-refractivity contribution in [1.29, 1.82) is 0 Å². The SMILES string of the molecule is O=C1NC(=NCC2(CO)CC2)S/C1=C/c1cccc(-c2ccccc2)n1. The molecule has 1 saturated heterocycles. The number of aromatic nitrogens is 1. The minimum absolute atomic E-state index is 0.0592. The van der Waals surface area contributed by atoms with Crippen LogP contribution in [0.15, 0.2) is 58.4 Å². The second-order valence-corrected chi connectivity index (χ2v) is 7.69. The number of aliphatic hydroxyl groups excluding tert-OH is 1. The lowest BCUT2D eigenvalue weighted by atomic mass is 10.1. The van der Waals surface area contributed by atoms with Crippen molar-refractivity contribution >= 4 is 28.9 Å². The van der Waals surface area contributed by atoms with Gasteiger partial charge in [-0.15, -0.1) is 0 Å². The zero-order valence-electron chi connectivity index (χ0n) is 14.2. The summed E-state index contributed by atoms with van der Waals surface area (Å²) in [5, 5.41) is 12.8. The Bertz CT molecular complexity index is 889. The van der Waals surface area contributed by atoms with Crippen molar-refractivity contribution in [1.82, 2.24) is 10.3 Å². The summed E-state index contributed by atoms with van der Waals surface area (Å²) < 4.78 is 0. The Morgan fingerprint density at radius 3 is 2.73 bits per heavy atom. The van der Waals surface area contributed by atoms with Crippen LogP contribution in [0.25, 0.3) is 17.3 Å². The highest BCUT2D eigenvalue weighted by molar-refractivity contribution is 8.18. The third-order valence-corrected chi connectivity index (χ3v) is 5.57. The average Bonchev–Trinajstić information content (AvgIpc) is 3.39. The topological polar surface area (TPSA) is 74.6 Å². The summed E-state index contributed by atoms with van der Waals surface area (Å²) in [6.45, 7) is 0.711. The summed E-state index contributed by atoms with van der Waals surface area (Å²) in [7, 11) is 0. The number of amidine groups is 1. The van der Waals surface area contributed by atoms with Crippen molar-refractivity contribution < 1.29 is 9.90 Å². The highest BCUT2D eigenvalue weighted by Gasteiger charge is 2.42. The second kappa shape index (κ2) is 7.05. The van der Waals surface area contributed by atoms with Crippen LogP contribution in [-0.4, -0.2) is 34.3 Å². The monoisotopic (exact) mass is 365 g/mol. The van der Waals surface area contributed by atoms with Crippen LogP contribution >= 0.6 is 11.8 Å². The quantitative estimate of drug-likeness (QED) is 0.799. The van der Waals surface area contributed by atoms with Gasteiger partial charge in [-0.3, -0.25) is 9.79 Å². The van der Waals surface area contributed by atoms with Gasteiger partial charge in [0.1, 0.15) is 0 Å². The fourth-order valence-corrected chi connectivity index (χ4v) is 3.52. The van der Waals surface area contributed by atoms with Gasteiger partial charge in [0, 0.05) is 17.5 Å². The number of benzene rings is 1. The first-order valence-corrected chi connectivity index (χ1v) is 9.38. The highest BCUT2D eigenvalue weighted by Crippen LogP contribution is 2.45. The Labute approximate surface area is 156 Å². The van der Waals surface area contributed by atoms with E-state index in [9.17, 15) is 9.90 Å². The second-order valence-electron chi connectivity index (χ2n) is 6.66. The number of rotatable bonds is 5. The first-order valence-electron chi connectivity index (χ1n) is 8.56. The molecule has 1 saturated carbocycles. The molecule has 0 radical (unpaired) electrons. The Morgan fingerprint density at radius 2 is 2.00 bits per heavy atom. The van der Waals surface area contributed by atoms with Gasteiger partial charge in [-0.25, -0.2) is 4.98 Å². The number of aliphatic hydroxyl groups is 1. The Balaban J connectivity index is 1.51. The van der Waals surface area contributed by atoms with Crippen LogP contribution in [0.1, 0.15) is 18.5 Å². The number of aliphatic imine (C=N–C) groups is 1. The molecular formula is C20H19N3O2S. The maximum absolute atomic E-state index is 12.2. The molecule has 0 atom stereocenters. The molecule has 2 fully saturated rings. The maximum Gasteiger partial charge on any atom is 0.264 e. The number of amides is 1. The molecule has 0 unspecified atom stereocenters. The van der Waals surface area contributed by atoms with Gasteiger partial charge in [-0.05, 0) is 42.8 Å². The molecule has 4 rings (SSSR count). The van der Waals surface area contributed by atoms with Crippen molar-refractivity contribution in [3.05, 3.63) is 59.1 Å². The van der Waals surface area contributed by atoms with E-state index in [1.165, 1.54) is 11.8 Å². The molecule has 2 aliphatic rings. The molecule has 1 aromatic heterocycles. The van der Waals surface area contributed by atoms with Crippen LogP contribution in [-0.2, 0) is 4.79 Å². The van der Waals surface area contributed by atoms with E-state index in [0.717, 1.165) is 29.8 Å². The van der Waals surface area contributed by atoms with E-state index in [2.05, 4.69) is 15.3 Å². The Morgan fingerprint density at radius 1 is 1.19 bits per heavy atom. The number of carbonyl (C=O) groups excluding carboxylic acids is 1. The molecule has 0 spiro atoms. The lowest BCUT2D eigenvalue weighted by Gasteiger charge is -2.06. The molecule has 1 amide bonds. The van der Waals surface area contributed by atoms with Crippen LogP contribution in [0.2, 0.25) is 0 Å². The highest BCUT2D eigenvalue weighted by atomic mass is 32.2. The van der Waals surface area contributed by atoms with Crippen LogP contribution < -0.4 is 5.32 Å². The van der Waals surface area contributed by atoms with Gasteiger partial charge in [0.15, 0.2) is 5.17 Å². The summed E-state index contributed by atoms with van der Waals surface area (Å²) in [5.74, 6) is -0.158. The van der Waals surface area contributed by atoms with E-state index in [1.807, 2.05) is 48.5 Å². The number of hydrogen-bond acceptors (Lipinski definition) is 5. The van der Waals surface area contributed by atoms with Gasteiger partial charge in [-0.2, -0.15) is 0 Å². The molecule has 26 heavy (non-hydrogen) atoms. The van der Waals surface area contributed by atoms with E-state index in [1.54, 1.807) is 6.08 Å². The molecule has 5 nitrogen and oxygen atoms in total. The lowest BCUT2D eigenvalue weighted by molar-refractivity contribution is -0.115. The molecule has 1 aliphatic carbocycles. The van der Waals surface area contributed by atoms with E-state index in [-0.39, 0.29) is 17.9 Å². The summed E-state index contributed by atoms with van der Waals surface area (Å²) in [6.07, 6.45) is 3.78. The summed E-state index contributed by atoms with van der Waals surface area (Å²) >= 11 is 1.32. The summed E-state index contributed by atoms with van der Waals surface area (Å²) in [6, 6.07) is 15.7. The fourth-order valence-electron chi connectivity index (χ4n) is 2.72. The van der Waals surface area contributed by atoms with Crippen LogP contribution in [0.4, 0.5) is 0 Å². The standard InChI is InChI=1S/C20H19N3O2S/c24-13-20(9-10-20)12-21-19-23-18(25)17(26-19)11-15-7-4-8-16(22-15)14-5-2-1-3-6-14/h1-8,11,24H,9-10,12-13H2,(H,21,23,25)/b17-11+. The molecule has 2 aromatic rings. The normalized spacial score (nSPS) is 21.2. The number of carbonyl (C=O) groups is 1. The van der Waals surface area contributed by atoms with Gasteiger partial charge in [0.2, 0.25) is 0 Å². The third-order valence-electron chi connectivity index (χ3n) is 4.62. The van der Waals surface area contributed by atoms with Crippen molar-refractivity contribution in [3.8, 4) is 11.3 Å². The minimum Gasteiger partial charge on any atom is -0.396 e. The first kappa shape index (κ1) is 17.0. The maximum atomic E-state index is 12.2. The van der Waals surface area contributed by atoms with Gasteiger partial charge >= 0.3 is 0 Å². The van der Waals surface area contributed by atoms with E-state index in [0.29, 0.717) is 16.6 Å². The smallest absolute Gasteiger partial charge is 0.264 e. The molecule has 2 N–H and O–H groups in total. The van der Waals surface area contributed by atoms with E-state index < -0.39 is 0 Å². The number of pyridine rings is 1. The molecule has 1 aromatic carbocycles. The van der Waals surface area contributed by atoms with Gasteiger partial charge in [0.25, 0.3) is 5.91 Å².